The van der Waals surface area contributed by atoms with Crippen molar-refractivity contribution in [3.8, 4) is 5.75 Å². The molecule has 0 N–H and O–H groups in total. The van der Waals surface area contributed by atoms with Crippen LogP contribution in [0.1, 0.15) is 50.3 Å². The predicted octanol–water partition coefficient (Wildman–Crippen LogP) is 5.34. The van der Waals surface area contributed by atoms with Gasteiger partial charge in [0.1, 0.15) is 11.9 Å². The topological polar surface area (TPSA) is 9.23 Å². The van der Waals surface area contributed by atoms with Crippen molar-refractivity contribution in [2.24, 2.45) is 0 Å². The van der Waals surface area contributed by atoms with Crippen LogP contribution in [-0.4, -0.2) is 0 Å². The van der Waals surface area contributed by atoms with E-state index in [0.29, 0.717) is 5.92 Å². The van der Waals surface area contributed by atoms with Crippen LogP contribution in [0.2, 0.25) is 0 Å². The van der Waals surface area contributed by atoms with Gasteiger partial charge in [0, 0.05) is 0 Å². The Balaban J connectivity index is 2.04. The quantitative estimate of drug-likeness (QED) is 0.699. The van der Waals surface area contributed by atoms with Crippen LogP contribution >= 0.6 is 0 Å². The first-order valence-corrected chi connectivity index (χ1v) is 7.02. The van der Waals surface area contributed by atoms with Crippen molar-refractivity contribution in [1.82, 2.24) is 0 Å². The van der Waals surface area contributed by atoms with Crippen LogP contribution in [-0.2, 0) is 0 Å². The molecule has 0 radical (unpaired) electrons. The van der Waals surface area contributed by atoms with E-state index >= 15 is 0 Å². The normalized spacial score (nSPS) is 13.8. The molecule has 100 valence electrons. The number of ether oxygens (including phenoxy) is 1. The summed E-state index contributed by atoms with van der Waals surface area (Å²) in [4.78, 5) is 0. The minimum atomic E-state index is 0.0793. The summed E-state index contributed by atoms with van der Waals surface area (Å²) >= 11 is 0. The Bertz CT molecular complexity index is 487. The van der Waals surface area contributed by atoms with Gasteiger partial charge in [-0.1, -0.05) is 56.3 Å². The van der Waals surface area contributed by atoms with Crippen LogP contribution in [0, 0.1) is 0 Å². The van der Waals surface area contributed by atoms with Gasteiger partial charge in [0.15, 0.2) is 0 Å². The summed E-state index contributed by atoms with van der Waals surface area (Å²) in [6.45, 7) is 6.55. The highest BCUT2D eigenvalue weighted by atomic mass is 16.5. The third kappa shape index (κ3) is 3.60. The molecule has 0 heterocycles. The average Bonchev–Trinajstić information content (AvgIpc) is 2.48. The van der Waals surface area contributed by atoms with Crippen molar-refractivity contribution < 1.29 is 4.74 Å². The van der Waals surface area contributed by atoms with Crippen molar-refractivity contribution in [2.45, 2.75) is 39.2 Å². The third-order valence-corrected chi connectivity index (χ3v) is 3.64. The minimum Gasteiger partial charge on any atom is -0.486 e. The Morgan fingerprint density at radius 2 is 1.47 bits per heavy atom. The standard InChI is InChI=1S/C18H22O/c1-4-14(2)16-10-12-18(13-11-16)19-15(3)17-8-6-5-7-9-17/h5-15H,4H2,1-3H3. The van der Waals surface area contributed by atoms with E-state index in [1.807, 2.05) is 18.2 Å². The maximum atomic E-state index is 5.97. The van der Waals surface area contributed by atoms with Gasteiger partial charge in [-0.15, -0.1) is 0 Å². The van der Waals surface area contributed by atoms with Crippen molar-refractivity contribution in [1.29, 1.82) is 0 Å². The zero-order chi connectivity index (χ0) is 13.7. The molecule has 0 aromatic heterocycles. The van der Waals surface area contributed by atoms with E-state index in [9.17, 15) is 0 Å². The van der Waals surface area contributed by atoms with E-state index in [1.54, 1.807) is 0 Å². The summed E-state index contributed by atoms with van der Waals surface area (Å²) in [7, 11) is 0. The Labute approximate surface area is 116 Å². The molecule has 0 aliphatic carbocycles. The molecule has 0 saturated carbocycles. The van der Waals surface area contributed by atoms with Crippen molar-refractivity contribution in [3.63, 3.8) is 0 Å². The van der Waals surface area contributed by atoms with Gasteiger partial charge in [-0.25, -0.2) is 0 Å². The molecule has 1 heteroatoms. The molecule has 2 unspecified atom stereocenters. The maximum Gasteiger partial charge on any atom is 0.121 e. The molecule has 0 saturated heterocycles. The summed E-state index contributed by atoms with van der Waals surface area (Å²) in [5.41, 5.74) is 2.58. The average molecular weight is 254 g/mol. The zero-order valence-electron chi connectivity index (χ0n) is 12.0. The first-order valence-electron chi connectivity index (χ1n) is 7.02. The highest BCUT2D eigenvalue weighted by Gasteiger charge is 2.07. The molecular weight excluding hydrogens is 232 g/mol. The molecule has 0 amide bonds. The Hall–Kier alpha value is -1.76. The van der Waals surface area contributed by atoms with E-state index in [1.165, 1.54) is 17.5 Å². The molecule has 0 fully saturated rings. The van der Waals surface area contributed by atoms with Crippen molar-refractivity contribution >= 4 is 0 Å². The van der Waals surface area contributed by atoms with Crippen molar-refractivity contribution in [3.05, 3.63) is 65.7 Å². The van der Waals surface area contributed by atoms with Crippen LogP contribution in [0.15, 0.2) is 54.6 Å². The maximum absolute atomic E-state index is 5.97. The van der Waals surface area contributed by atoms with E-state index in [0.717, 1.165) is 5.75 Å². The lowest BCUT2D eigenvalue weighted by Crippen LogP contribution is -2.02. The molecule has 2 aromatic rings. The highest BCUT2D eigenvalue weighted by Crippen LogP contribution is 2.25. The fourth-order valence-corrected chi connectivity index (χ4v) is 2.11. The van der Waals surface area contributed by atoms with Gasteiger partial charge in [0.05, 0.1) is 0 Å². The SMILES string of the molecule is CCC(C)c1ccc(OC(C)c2ccccc2)cc1. The van der Waals surface area contributed by atoms with E-state index in [2.05, 4.69) is 57.2 Å². The predicted molar refractivity (Wildman–Crippen MR) is 80.6 cm³/mol. The minimum absolute atomic E-state index is 0.0793. The van der Waals surface area contributed by atoms with Gasteiger partial charge in [-0.2, -0.15) is 0 Å². The lowest BCUT2D eigenvalue weighted by Gasteiger charge is -2.16. The molecule has 0 bridgehead atoms. The summed E-state index contributed by atoms with van der Waals surface area (Å²) < 4.78 is 5.97. The highest BCUT2D eigenvalue weighted by molar-refractivity contribution is 5.30. The number of hydrogen-bond donors (Lipinski definition) is 0. The molecule has 2 aromatic carbocycles. The monoisotopic (exact) mass is 254 g/mol. The molecule has 0 spiro atoms. The van der Waals surface area contributed by atoms with E-state index in [-0.39, 0.29) is 6.10 Å². The van der Waals surface area contributed by atoms with Crippen LogP contribution in [0.25, 0.3) is 0 Å². The zero-order valence-corrected chi connectivity index (χ0v) is 12.0. The van der Waals surface area contributed by atoms with Crippen molar-refractivity contribution in [2.75, 3.05) is 0 Å². The second-order valence-electron chi connectivity index (χ2n) is 5.05. The first-order chi connectivity index (χ1) is 9.20. The Morgan fingerprint density at radius 3 is 2.05 bits per heavy atom. The molecule has 1 nitrogen and oxygen atoms in total. The summed E-state index contributed by atoms with van der Waals surface area (Å²) in [5, 5.41) is 0. The fourth-order valence-electron chi connectivity index (χ4n) is 2.11. The summed E-state index contributed by atoms with van der Waals surface area (Å²) in [6.07, 6.45) is 1.25. The molecule has 2 atom stereocenters. The smallest absolute Gasteiger partial charge is 0.121 e. The second kappa shape index (κ2) is 6.42. The second-order valence-corrected chi connectivity index (χ2v) is 5.05. The van der Waals surface area contributed by atoms with Crippen LogP contribution < -0.4 is 4.74 Å². The third-order valence-electron chi connectivity index (χ3n) is 3.64. The first kappa shape index (κ1) is 13.7. The van der Waals surface area contributed by atoms with Crippen LogP contribution in [0.4, 0.5) is 0 Å². The van der Waals surface area contributed by atoms with Gasteiger partial charge in [0.2, 0.25) is 0 Å². The van der Waals surface area contributed by atoms with E-state index < -0.39 is 0 Å². The van der Waals surface area contributed by atoms with Gasteiger partial charge in [-0.05, 0) is 42.5 Å². The molecular formula is C18H22O. The lowest BCUT2D eigenvalue weighted by molar-refractivity contribution is 0.227. The summed E-state index contributed by atoms with van der Waals surface area (Å²) in [6, 6.07) is 18.8. The van der Waals surface area contributed by atoms with E-state index in [4.69, 9.17) is 4.74 Å². The Kier molecular flexibility index (Phi) is 4.62. The summed E-state index contributed by atoms with van der Waals surface area (Å²) in [5.74, 6) is 1.55. The molecule has 19 heavy (non-hydrogen) atoms. The number of hydrogen-bond acceptors (Lipinski definition) is 1. The number of benzene rings is 2. The van der Waals surface area contributed by atoms with Gasteiger partial charge >= 0.3 is 0 Å². The molecule has 0 aliphatic rings. The molecule has 0 aliphatic heterocycles. The van der Waals surface area contributed by atoms with Gasteiger partial charge < -0.3 is 4.74 Å². The van der Waals surface area contributed by atoms with Gasteiger partial charge in [0.25, 0.3) is 0 Å². The van der Waals surface area contributed by atoms with Gasteiger partial charge in [-0.3, -0.25) is 0 Å². The largest absolute Gasteiger partial charge is 0.486 e. The Morgan fingerprint density at radius 1 is 0.842 bits per heavy atom. The molecule has 2 rings (SSSR count). The van der Waals surface area contributed by atoms with Crippen LogP contribution in [0.5, 0.6) is 5.75 Å². The fraction of sp³-hybridized carbons (Fsp3) is 0.333. The lowest BCUT2D eigenvalue weighted by atomic mass is 9.99. The number of rotatable bonds is 5. The van der Waals surface area contributed by atoms with Crippen LogP contribution in [0.3, 0.4) is 0 Å².